The molecule has 0 aliphatic carbocycles. The predicted molar refractivity (Wildman–Crippen MR) is 79.3 cm³/mol. The highest BCUT2D eigenvalue weighted by molar-refractivity contribution is 5.93. The fourth-order valence-corrected chi connectivity index (χ4v) is 2.06. The van der Waals surface area contributed by atoms with Gasteiger partial charge in [-0.2, -0.15) is 13.2 Å². The third kappa shape index (κ3) is 4.21. The highest BCUT2D eigenvalue weighted by atomic mass is 19.4. The van der Waals surface area contributed by atoms with Crippen LogP contribution in [0.4, 0.5) is 13.2 Å². The fraction of sp³-hybridized carbons (Fsp3) is 0.250. The zero-order valence-electron chi connectivity index (χ0n) is 12.3. The van der Waals surface area contributed by atoms with Crippen molar-refractivity contribution in [1.29, 1.82) is 0 Å². The van der Waals surface area contributed by atoms with E-state index in [0.29, 0.717) is 6.07 Å². The molecule has 0 saturated heterocycles. The minimum Gasteiger partial charge on any atom is -0.351 e. The number of pyridine rings is 1. The van der Waals surface area contributed by atoms with E-state index in [-0.39, 0.29) is 18.0 Å². The van der Waals surface area contributed by atoms with Gasteiger partial charge in [0.15, 0.2) is 0 Å². The minimum absolute atomic E-state index is 0.00804. The van der Waals surface area contributed by atoms with Crippen molar-refractivity contribution in [3.05, 3.63) is 69.6 Å². The molecule has 2 aromatic rings. The molecule has 0 aliphatic rings. The second-order valence-electron chi connectivity index (χ2n) is 5.13. The molecular formula is C16H15F3N2O2. The highest BCUT2D eigenvalue weighted by Gasteiger charge is 2.32. The van der Waals surface area contributed by atoms with Gasteiger partial charge in [0, 0.05) is 6.54 Å². The lowest BCUT2D eigenvalue weighted by Gasteiger charge is -2.13. The average Bonchev–Trinajstić information content (AvgIpc) is 2.52. The molecule has 0 saturated carbocycles. The van der Waals surface area contributed by atoms with Gasteiger partial charge in [0.2, 0.25) is 0 Å². The van der Waals surface area contributed by atoms with Crippen LogP contribution >= 0.6 is 0 Å². The second kappa shape index (κ2) is 6.68. The van der Waals surface area contributed by atoms with Crippen LogP contribution in [-0.4, -0.2) is 17.4 Å². The Morgan fingerprint density at radius 3 is 2.39 bits per heavy atom. The normalized spacial score (nSPS) is 12.7. The molecule has 23 heavy (non-hydrogen) atoms. The van der Waals surface area contributed by atoms with E-state index in [1.54, 1.807) is 4.98 Å². The van der Waals surface area contributed by atoms with Crippen molar-refractivity contribution in [3.8, 4) is 0 Å². The Kier molecular flexibility index (Phi) is 4.88. The number of alkyl halides is 3. The molecule has 1 aromatic carbocycles. The number of amides is 1. The number of aromatic amines is 1. The quantitative estimate of drug-likeness (QED) is 0.908. The van der Waals surface area contributed by atoms with Crippen LogP contribution in [0.25, 0.3) is 0 Å². The molecule has 2 N–H and O–H groups in total. The van der Waals surface area contributed by atoms with Gasteiger partial charge >= 0.3 is 6.18 Å². The van der Waals surface area contributed by atoms with E-state index in [2.05, 4.69) is 5.32 Å². The summed E-state index contributed by atoms with van der Waals surface area (Å²) in [6, 6.07) is 11.0. The van der Waals surface area contributed by atoms with Gasteiger partial charge in [-0.1, -0.05) is 37.3 Å². The van der Waals surface area contributed by atoms with Gasteiger partial charge in [0.25, 0.3) is 11.5 Å². The molecule has 1 atom stereocenters. The molecule has 122 valence electrons. The van der Waals surface area contributed by atoms with Crippen molar-refractivity contribution in [2.75, 3.05) is 6.54 Å². The monoisotopic (exact) mass is 324 g/mol. The summed E-state index contributed by atoms with van der Waals surface area (Å²) in [5, 5.41) is 2.56. The number of nitrogens with one attached hydrogen (secondary N) is 2. The van der Waals surface area contributed by atoms with Gasteiger partial charge in [-0.3, -0.25) is 9.59 Å². The Labute approximate surface area is 130 Å². The molecule has 0 fully saturated rings. The predicted octanol–water partition coefficient (Wildman–Crippen LogP) is 2.93. The van der Waals surface area contributed by atoms with Crippen LogP contribution in [0.1, 0.15) is 34.5 Å². The van der Waals surface area contributed by atoms with E-state index < -0.39 is 23.3 Å². The molecule has 0 spiro atoms. The highest BCUT2D eigenvalue weighted by Crippen LogP contribution is 2.26. The summed E-state index contributed by atoms with van der Waals surface area (Å²) < 4.78 is 37.4. The number of H-pyrrole nitrogens is 1. The van der Waals surface area contributed by atoms with Gasteiger partial charge in [-0.25, -0.2) is 0 Å². The molecule has 1 heterocycles. The van der Waals surface area contributed by atoms with E-state index >= 15 is 0 Å². The number of carbonyl (C=O) groups excluding carboxylic acids is 1. The smallest absolute Gasteiger partial charge is 0.351 e. The van der Waals surface area contributed by atoms with Gasteiger partial charge in [0.05, 0.1) is 0 Å². The van der Waals surface area contributed by atoms with E-state index in [1.165, 1.54) is 0 Å². The first-order valence-corrected chi connectivity index (χ1v) is 6.92. The van der Waals surface area contributed by atoms with Crippen molar-refractivity contribution in [2.45, 2.75) is 19.0 Å². The average molecular weight is 324 g/mol. The maximum Gasteiger partial charge on any atom is 0.431 e. The van der Waals surface area contributed by atoms with E-state index in [1.807, 2.05) is 37.3 Å². The van der Waals surface area contributed by atoms with Crippen LogP contribution in [0.3, 0.4) is 0 Å². The van der Waals surface area contributed by atoms with E-state index in [4.69, 9.17) is 0 Å². The zero-order valence-corrected chi connectivity index (χ0v) is 12.3. The topological polar surface area (TPSA) is 62.0 Å². The lowest BCUT2D eigenvalue weighted by atomic mass is 10.0. The van der Waals surface area contributed by atoms with Crippen molar-refractivity contribution in [1.82, 2.24) is 10.3 Å². The lowest BCUT2D eigenvalue weighted by Crippen LogP contribution is -2.32. The Hall–Kier alpha value is -2.57. The third-order valence-corrected chi connectivity index (χ3v) is 3.40. The number of carbonyl (C=O) groups is 1. The van der Waals surface area contributed by atoms with Gasteiger partial charge < -0.3 is 10.3 Å². The summed E-state index contributed by atoms with van der Waals surface area (Å²) in [6.07, 6.45) is -4.66. The maximum atomic E-state index is 12.5. The molecule has 0 bridgehead atoms. The molecular weight excluding hydrogens is 309 g/mol. The minimum atomic E-state index is -4.66. The van der Waals surface area contributed by atoms with Crippen LogP contribution in [-0.2, 0) is 6.18 Å². The fourth-order valence-electron chi connectivity index (χ4n) is 2.06. The third-order valence-electron chi connectivity index (χ3n) is 3.40. The molecule has 0 radical (unpaired) electrons. The Morgan fingerprint density at radius 1 is 1.17 bits per heavy atom. The van der Waals surface area contributed by atoms with Crippen LogP contribution < -0.4 is 10.9 Å². The molecule has 4 nitrogen and oxygen atoms in total. The summed E-state index contributed by atoms with van der Waals surface area (Å²) in [7, 11) is 0. The SMILES string of the molecule is C[C@@H](CNC(=O)c1ccc(C(F)(F)F)[nH]c1=O)c1ccccc1. The summed E-state index contributed by atoms with van der Waals surface area (Å²) in [5.41, 5.74) is -1.59. The lowest BCUT2D eigenvalue weighted by molar-refractivity contribution is -0.141. The summed E-state index contributed by atoms with van der Waals surface area (Å²) in [6.45, 7) is 2.16. The van der Waals surface area contributed by atoms with Crippen LogP contribution in [0.15, 0.2) is 47.3 Å². The van der Waals surface area contributed by atoms with Gasteiger partial charge in [-0.15, -0.1) is 0 Å². The van der Waals surface area contributed by atoms with Crippen molar-refractivity contribution in [2.24, 2.45) is 0 Å². The number of benzene rings is 1. The van der Waals surface area contributed by atoms with Crippen molar-refractivity contribution in [3.63, 3.8) is 0 Å². The summed E-state index contributed by atoms with van der Waals surface area (Å²) in [5.74, 6) is -0.698. The first-order valence-electron chi connectivity index (χ1n) is 6.92. The number of aromatic nitrogens is 1. The zero-order chi connectivity index (χ0) is 17.0. The van der Waals surface area contributed by atoms with Crippen LogP contribution in [0.2, 0.25) is 0 Å². The Bertz CT molecular complexity index is 739. The molecule has 1 aromatic heterocycles. The Balaban J connectivity index is 2.05. The van der Waals surface area contributed by atoms with E-state index in [0.717, 1.165) is 11.6 Å². The molecule has 2 rings (SSSR count). The van der Waals surface area contributed by atoms with Crippen molar-refractivity contribution < 1.29 is 18.0 Å². The number of hydrogen-bond acceptors (Lipinski definition) is 2. The largest absolute Gasteiger partial charge is 0.431 e. The maximum absolute atomic E-state index is 12.5. The first kappa shape index (κ1) is 16.8. The Morgan fingerprint density at radius 2 is 1.83 bits per heavy atom. The number of rotatable bonds is 4. The standard InChI is InChI=1S/C16H15F3N2O2/c1-10(11-5-3-2-4-6-11)9-20-14(22)12-7-8-13(16(17,18)19)21-15(12)23/h2-8,10H,9H2,1H3,(H,20,22)(H,21,23)/t10-/m0/s1. The first-order chi connectivity index (χ1) is 10.8. The number of hydrogen-bond donors (Lipinski definition) is 2. The van der Waals surface area contributed by atoms with Crippen molar-refractivity contribution >= 4 is 5.91 Å². The van der Waals surface area contributed by atoms with Crippen LogP contribution in [0.5, 0.6) is 0 Å². The summed E-state index contributed by atoms with van der Waals surface area (Å²) >= 11 is 0. The van der Waals surface area contributed by atoms with Gasteiger partial charge in [-0.05, 0) is 23.6 Å². The summed E-state index contributed by atoms with van der Waals surface area (Å²) in [4.78, 5) is 25.3. The molecule has 0 aliphatic heterocycles. The van der Waals surface area contributed by atoms with Gasteiger partial charge in [0.1, 0.15) is 11.3 Å². The number of halogens is 3. The second-order valence-corrected chi connectivity index (χ2v) is 5.13. The molecule has 7 heteroatoms. The molecule has 1 amide bonds. The van der Waals surface area contributed by atoms with Crippen LogP contribution in [0, 0.1) is 0 Å². The van der Waals surface area contributed by atoms with E-state index in [9.17, 15) is 22.8 Å². The molecule has 0 unspecified atom stereocenters.